The quantitative estimate of drug-likeness (QED) is 0.402. The zero-order valence-electron chi connectivity index (χ0n) is 17.9. The summed E-state index contributed by atoms with van der Waals surface area (Å²) in [6.45, 7) is 0. The minimum absolute atomic E-state index is 0.158. The van der Waals surface area contributed by atoms with E-state index in [1.807, 2.05) is 84.9 Å². The number of halogens is 1. The van der Waals surface area contributed by atoms with E-state index in [0.29, 0.717) is 12.1 Å². The standard InChI is InChI=1S/C28H23FN2O2/c29-23-15-9-14-22(19-23)27(32)31-26(18-20-10-3-1-4-11-20)28(33)30-25-17-8-7-16-24(25)21-12-5-2-6-13-21/h1-17,19,26H,18H2,(H,30,33)(H,31,32). The van der Waals surface area contributed by atoms with Gasteiger partial charge in [0, 0.05) is 23.2 Å². The molecule has 0 aliphatic rings. The van der Waals surface area contributed by atoms with Crippen LogP contribution in [-0.4, -0.2) is 17.9 Å². The lowest BCUT2D eigenvalue weighted by atomic mass is 10.0. The second kappa shape index (κ2) is 10.4. The highest BCUT2D eigenvalue weighted by Crippen LogP contribution is 2.27. The number of anilines is 1. The molecule has 0 fully saturated rings. The first kappa shape index (κ1) is 22.0. The van der Waals surface area contributed by atoms with Crippen molar-refractivity contribution < 1.29 is 14.0 Å². The van der Waals surface area contributed by atoms with Gasteiger partial charge in [0.15, 0.2) is 0 Å². The summed E-state index contributed by atoms with van der Waals surface area (Å²) in [5, 5.41) is 5.74. The van der Waals surface area contributed by atoms with Gasteiger partial charge >= 0.3 is 0 Å². The summed E-state index contributed by atoms with van der Waals surface area (Å²) in [5.74, 6) is -1.38. The molecule has 4 rings (SSSR count). The van der Waals surface area contributed by atoms with Crippen LogP contribution in [0.2, 0.25) is 0 Å². The van der Waals surface area contributed by atoms with Crippen molar-refractivity contribution >= 4 is 17.5 Å². The van der Waals surface area contributed by atoms with Gasteiger partial charge in [-0.3, -0.25) is 9.59 Å². The van der Waals surface area contributed by atoms with Crippen molar-refractivity contribution in [1.82, 2.24) is 5.32 Å². The first-order valence-electron chi connectivity index (χ1n) is 10.7. The fourth-order valence-corrected chi connectivity index (χ4v) is 3.61. The molecule has 4 aromatic rings. The molecule has 2 amide bonds. The van der Waals surface area contributed by atoms with E-state index in [-0.39, 0.29) is 11.5 Å². The van der Waals surface area contributed by atoms with Gasteiger partial charge in [0.2, 0.25) is 5.91 Å². The van der Waals surface area contributed by atoms with Crippen molar-refractivity contribution in [2.75, 3.05) is 5.32 Å². The van der Waals surface area contributed by atoms with Gasteiger partial charge in [0.25, 0.3) is 5.91 Å². The molecule has 0 heterocycles. The first-order chi connectivity index (χ1) is 16.1. The lowest BCUT2D eigenvalue weighted by molar-refractivity contribution is -0.118. The third-order valence-electron chi connectivity index (χ3n) is 5.26. The molecule has 4 nitrogen and oxygen atoms in total. The van der Waals surface area contributed by atoms with E-state index < -0.39 is 17.8 Å². The molecule has 1 atom stereocenters. The molecule has 0 spiro atoms. The number of benzene rings is 4. The van der Waals surface area contributed by atoms with Gasteiger partial charge < -0.3 is 10.6 Å². The van der Waals surface area contributed by atoms with E-state index in [1.54, 1.807) is 0 Å². The minimum atomic E-state index is -0.855. The van der Waals surface area contributed by atoms with Gasteiger partial charge in [0.1, 0.15) is 11.9 Å². The van der Waals surface area contributed by atoms with Crippen molar-refractivity contribution in [3.05, 3.63) is 126 Å². The molecule has 0 aliphatic heterocycles. The van der Waals surface area contributed by atoms with Crippen LogP contribution in [0.1, 0.15) is 15.9 Å². The third-order valence-corrected chi connectivity index (χ3v) is 5.26. The highest BCUT2D eigenvalue weighted by atomic mass is 19.1. The van der Waals surface area contributed by atoms with Gasteiger partial charge in [-0.25, -0.2) is 4.39 Å². The average molecular weight is 439 g/mol. The van der Waals surface area contributed by atoms with E-state index in [9.17, 15) is 14.0 Å². The fourth-order valence-electron chi connectivity index (χ4n) is 3.61. The van der Waals surface area contributed by atoms with Crippen LogP contribution in [0.3, 0.4) is 0 Å². The molecule has 164 valence electrons. The van der Waals surface area contributed by atoms with E-state index in [2.05, 4.69) is 10.6 Å². The summed E-state index contributed by atoms with van der Waals surface area (Å²) in [7, 11) is 0. The maximum atomic E-state index is 13.6. The van der Waals surface area contributed by atoms with Gasteiger partial charge in [-0.05, 0) is 35.4 Å². The number of nitrogens with one attached hydrogen (secondary N) is 2. The van der Waals surface area contributed by atoms with Crippen LogP contribution in [0, 0.1) is 5.82 Å². The maximum absolute atomic E-state index is 13.6. The zero-order valence-corrected chi connectivity index (χ0v) is 17.9. The monoisotopic (exact) mass is 438 g/mol. The molecule has 4 aromatic carbocycles. The average Bonchev–Trinajstić information content (AvgIpc) is 2.85. The van der Waals surface area contributed by atoms with Crippen molar-refractivity contribution in [2.45, 2.75) is 12.5 Å². The molecule has 0 aromatic heterocycles. The van der Waals surface area contributed by atoms with E-state index in [1.165, 1.54) is 18.2 Å². The van der Waals surface area contributed by atoms with Crippen LogP contribution in [0.5, 0.6) is 0 Å². The smallest absolute Gasteiger partial charge is 0.252 e. The van der Waals surface area contributed by atoms with Crippen LogP contribution < -0.4 is 10.6 Å². The number of rotatable bonds is 7. The highest BCUT2D eigenvalue weighted by molar-refractivity contribution is 6.03. The Hall–Kier alpha value is -4.25. The van der Waals surface area contributed by atoms with Gasteiger partial charge in [0.05, 0.1) is 0 Å². The summed E-state index contributed by atoms with van der Waals surface area (Å²) in [6.07, 6.45) is 0.293. The van der Waals surface area contributed by atoms with Crippen molar-refractivity contribution in [1.29, 1.82) is 0 Å². The Labute approximate surface area is 192 Å². The Balaban J connectivity index is 1.59. The van der Waals surface area contributed by atoms with Crippen molar-refractivity contribution in [2.24, 2.45) is 0 Å². The lowest BCUT2D eigenvalue weighted by Gasteiger charge is -2.20. The van der Waals surface area contributed by atoms with Crippen molar-refractivity contribution in [3.63, 3.8) is 0 Å². The molecular formula is C28H23FN2O2. The molecule has 0 saturated carbocycles. The third kappa shape index (κ3) is 5.71. The number of carbonyl (C=O) groups excluding carboxylic acids is 2. The normalized spacial score (nSPS) is 11.4. The number of amides is 2. The Morgan fingerprint density at radius 2 is 1.42 bits per heavy atom. The molecule has 1 unspecified atom stereocenters. The van der Waals surface area contributed by atoms with Crippen LogP contribution in [0.4, 0.5) is 10.1 Å². The maximum Gasteiger partial charge on any atom is 0.252 e. The van der Waals surface area contributed by atoms with Crippen LogP contribution >= 0.6 is 0 Å². The number of carbonyl (C=O) groups is 2. The Bertz CT molecular complexity index is 1240. The Morgan fingerprint density at radius 1 is 0.758 bits per heavy atom. The van der Waals surface area contributed by atoms with Crippen LogP contribution in [0.15, 0.2) is 109 Å². The molecule has 5 heteroatoms. The fraction of sp³-hybridized carbons (Fsp3) is 0.0714. The van der Waals surface area contributed by atoms with E-state index in [0.717, 1.165) is 22.8 Å². The molecule has 0 saturated heterocycles. The summed E-state index contributed by atoms with van der Waals surface area (Å²) in [5.41, 5.74) is 3.55. The largest absolute Gasteiger partial charge is 0.340 e. The van der Waals surface area contributed by atoms with Gasteiger partial charge in [-0.2, -0.15) is 0 Å². The molecular weight excluding hydrogens is 415 g/mol. The van der Waals surface area contributed by atoms with Gasteiger partial charge in [-0.1, -0.05) is 84.9 Å². The van der Waals surface area contributed by atoms with Crippen LogP contribution in [0.25, 0.3) is 11.1 Å². The molecule has 2 N–H and O–H groups in total. The number of hydrogen-bond acceptors (Lipinski definition) is 2. The van der Waals surface area contributed by atoms with E-state index >= 15 is 0 Å². The number of para-hydroxylation sites is 1. The Morgan fingerprint density at radius 3 is 2.15 bits per heavy atom. The lowest BCUT2D eigenvalue weighted by Crippen LogP contribution is -2.45. The predicted octanol–water partition coefficient (Wildman–Crippen LogP) is 5.47. The van der Waals surface area contributed by atoms with Crippen molar-refractivity contribution in [3.8, 4) is 11.1 Å². The minimum Gasteiger partial charge on any atom is -0.340 e. The van der Waals surface area contributed by atoms with E-state index in [4.69, 9.17) is 0 Å². The summed E-state index contributed by atoms with van der Waals surface area (Å²) < 4.78 is 13.6. The SMILES string of the molecule is O=C(NC(Cc1ccccc1)C(=O)Nc1ccccc1-c1ccccc1)c1cccc(F)c1. The summed E-state index contributed by atoms with van der Waals surface area (Å²) >= 11 is 0. The second-order valence-electron chi connectivity index (χ2n) is 7.63. The topological polar surface area (TPSA) is 58.2 Å². The second-order valence-corrected chi connectivity index (χ2v) is 7.63. The Kier molecular flexibility index (Phi) is 6.90. The summed E-state index contributed by atoms with van der Waals surface area (Å²) in [4.78, 5) is 26.1. The molecule has 0 radical (unpaired) electrons. The molecule has 33 heavy (non-hydrogen) atoms. The number of hydrogen-bond donors (Lipinski definition) is 2. The predicted molar refractivity (Wildman–Crippen MR) is 128 cm³/mol. The zero-order chi connectivity index (χ0) is 23.0. The van der Waals surface area contributed by atoms with Crippen LogP contribution in [-0.2, 0) is 11.2 Å². The van der Waals surface area contributed by atoms with Gasteiger partial charge in [-0.15, -0.1) is 0 Å². The first-order valence-corrected chi connectivity index (χ1v) is 10.7. The molecule has 0 aliphatic carbocycles. The molecule has 0 bridgehead atoms. The summed E-state index contributed by atoms with van der Waals surface area (Å²) in [6, 6.07) is 31.2. The highest BCUT2D eigenvalue weighted by Gasteiger charge is 2.23.